The normalized spacial score (nSPS) is 48.0. The maximum absolute atomic E-state index is 11.2. The van der Waals surface area contributed by atoms with Crippen molar-refractivity contribution in [1.82, 2.24) is 0 Å². The van der Waals surface area contributed by atoms with Crippen LogP contribution >= 0.6 is 0 Å². The predicted octanol–water partition coefficient (Wildman–Crippen LogP) is -1.59. The number of aliphatic hydroxyl groups excluding tert-OH is 5. The fourth-order valence-electron chi connectivity index (χ4n) is 4.27. The van der Waals surface area contributed by atoms with Crippen LogP contribution < -0.4 is 0 Å². The number of hydrogen-bond donors (Lipinski definition) is 7. The Labute approximate surface area is 164 Å². The molecule has 2 fully saturated rings. The summed E-state index contributed by atoms with van der Waals surface area (Å²) >= 11 is 0. The molecule has 1 aliphatic carbocycles. The molecule has 9 unspecified atom stereocenters. The van der Waals surface area contributed by atoms with Crippen molar-refractivity contribution in [3.05, 3.63) is 12.2 Å². The van der Waals surface area contributed by atoms with Crippen LogP contribution in [-0.4, -0.2) is 96.5 Å². The summed E-state index contributed by atoms with van der Waals surface area (Å²) in [7, 11) is 0. The Morgan fingerprint density at radius 3 is 2.18 bits per heavy atom. The van der Waals surface area contributed by atoms with Gasteiger partial charge in [-0.2, -0.15) is 0 Å². The van der Waals surface area contributed by atoms with E-state index in [9.17, 15) is 35.7 Å². The van der Waals surface area contributed by atoms with Crippen molar-refractivity contribution in [2.75, 3.05) is 6.61 Å². The van der Waals surface area contributed by atoms with E-state index in [-0.39, 0.29) is 12.8 Å². The first-order valence-corrected chi connectivity index (χ1v) is 9.54. The second-order valence-electron chi connectivity index (χ2n) is 8.89. The highest BCUT2D eigenvalue weighted by atomic mass is 16.7. The molecule has 9 heteroatoms. The molecule has 164 valence electrons. The van der Waals surface area contributed by atoms with E-state index in [1.807, 2.05) is 0 Å². The van der Waals surface area contributed by atoms with Crippen molar-refractivity contribution in [2.24, 2.45) is 5.41 Å². The highest BCUT2D eigenvalue weighted by molar-refractivity contribution is 5.21. The van der Waals surface area contributed by atoms with E-state index < -0.39 is 66.1 Å². The molecule has 1 aliphatic heterocycles. The van der Waals surface area contributed by atoms with E-state index in [1.165, 1.54) is 26.0 Å². The Hall–Kier alpha value is -0.620. The van der Waals surface area contributed by atoms with Gasteiger partial charge in [0.2, 0.25) is 0 Å². The van der Waals surface area contributed by atoms with E-state index in [0.29, 0.717) is 0 Å². The zero-order chi connectivity index (χ0) is 21.5. The first-order valence-electron chi connectivity index (χ1n) is 9.54. The molecule has 9 nitrogen and oxygen atoms in total. The summed E-state index contributed by atoms with van der Waals surface area (Å²) in [6.45, 7) is 5.93. The lowest BCUT2D eigenvalue weighted by molar-refractivity contribution is -0.326. The lowest BCUT2D eigenvalue weighted by Crippen LogP contribution is -2.66. The van der Waals surface area contributed by atoms with Crippen LogP contribution in [0.15, 0.2) is 12.2 Å². The minimum absolute atomic E-state index is 0.00784. The molecule has 0 radical (unpaired) electrons. The summed E-state index contributed by atoms with van der Waals surface area (Å²) in [6, 6.07) is 0. The van der Waals surface area contributed by atoms with Crippen molar-refractivity contribution in [3.63, 3.8) is 0 Å². The van der Waals surface area contributed by atoms with Gasteiger partial charge >= 0.3 is 0 Å². The van der Waals surface area contributed by atoms with Crippen LogP contribution in [-0.2, 0) is 9.47 Å². The van der Waals surface area contributed by atoms with Crippen LogP contribution in [0.2, 0.25) is 0 Å². The second kappa shape index (κ2) is 8.25. The van der Waals surface area contributed by atoms with Gasteiger partial charge in [0.05, 0.1) is 24.4 Å². The van der Waals surface area contributed by atoms with Crippen LogP contribution in [0.1, 0.15) is 40.5 Å². The Bertz CT molecular complexity index is 540. The van der Waals surface area contributed by atoms with Gasteiger partial charge in [-0.25, -0.2) is 0 Å². The molecule has 0 aromatic carbocycles. The smallest absolute Gasteiger partial charge is 0.186 e. The van der Waals surface area contributed by atoms with Crippen LogP contribution in [0.25, 0.3) is 0 Å². The molecule has 0 aromatic rings. The third-order valence-electron chi connectivity index (χ3n) is 6.01. The molecule has 9 atom stereocenters. The molecular weight excluding hydrogens is 372 g/mol. The first kappa shape index (κ1) is 23.7. The van der Waals surface area contributed by atoms with E-state index in [1.54, 1.807) is 13.8 Å². The molecule has 1 saturated heterocycles. The van der Waals surface area contributed by atoms with Crippen LogP contribution in [0.3, 0.4) is 0 Å². The van der Waals surface area contributed by atoms with Gasteiger partial charge in [-0.15, -0.1) is 0 Å². The lowest BCUT2D eigenvalue weighted by Gasteiger charge is -2.56. The zero-order valence-electron chi connectivity index (χ0n) is 16.8. The summed E-state index contributed by atoms with van der Waals surface area (Å²) in [6.07, 6.45) is -5.34. The monoisotopic (exact) mass is 406 g/mol. The van der Waals surface area contributed by atoms with Gasteiger partial charge in [-0.3, -0.25) is 0 Å². The van der Waals surface area contributed by atoms with Crippen molar-refractivity contribution < 1.29 is 45.2 Å². The number of aliphatic hydroxyl groups is 7. The van der Waals surface area contributed by atoms with Crippen molar-refractivity contribution in [1.29, 1.82) is 0 Å². The molecule has 2 rings (SSSR count). The van der Waals surface area contributed by atoms with Gasteiger partial charge in [-0.1, -0.05) is 26.0 Å². The van der Waals surface area contributed by atoms with Gasteiger partial charge in [0.1, 0.15) is 30.0 Å². The molecule has 1 heterocycles. The highest BCUT2D eigenvalue weighted by Gasteiger charge is 2.59. The number of hydrogen-bond acceptors (Lipinski definition) is 9. The van der Waals surface area contributed by atoms with Crippen molar-refractivity contribution in [2.45, 2.75) is 94.7 Å². The molecule has 1 saturated carbocycles. The largest absolute Gasteiger partial charge is 0.394 e. The average Bonchev–Trinajstić information content (AvgIpc) is 2.57. The predicted molar refractivity (Wildman–Crippen MR) is 98.0 cm³/mol. The summed E-state index contributed by atoms with van der Waals surface area (Å²) in [5.74, 6) is 0. The van der Waals surface area contributed by atoms with E-state index >= 15 is 0 Å². The topological polar surface area (TPSA) is 160 Å². The second-order valence-corrected chi connectivity index (χ2v) is 8.89. The lowest BCUT2D eigenvalue weighted by atomic mass is 9.57. The molecule has 28 heavy (non-hydrogen) atoms. The molecular formula is C19H34O9. The minimum atomic E-state index is -1.65. The fourth-order valence-corrected chi connectivity index (χ4v) is 4.27. The minimum Gasteiger partial charge on any atom is -0.394 e. The van der Waals surface area contributed by atoms with Crippen molar-refractivity contribution in [3.8, 4) is 0 Å². The quantitative estimate of drug-likeness (QED) is 0.267. The molecule has 2 aliphatic rings. The van der Waals surface area contributed by atoms with Gasteiger partial charge < -0.3 is 45.2 Å². The van der Waals surface area contributed by atoms with E-state index in [4.69, 9.17) is 9.47 Å². The van der Waals surface area contributed by atoms with E-state index in [2.05, 4.69) is 0 Å². The highest BCUT2D eigenvalue weighted by Crippen LogP contribution is 2.51. The fraction of sp³-hybridized carbons (Fsp3) is 0.895. The molecule has 0 aromatic heterocycles. The Morgan fingerprint density at radius 2 is 1.68 bits per heavy atom. The summed E-state index contributed by atoms with van der Waals surface area (Å²) in [5, 5.41) is 71.0. The molecule has 7 N–H and O–H groups in total. The first-order chi connectivity index (χ1) is 12.8. The van der Waals surface area contributed by atoms with Crippen LogP contribution in [0, 0.1) is 5.41 Å². The molecule has 0 amide bonds. The third kappa shape index (κ3) is 4.28. The Balaban J connectivity index is 2.20. The van der Waals surface area contributed by atoms with Gasteiger partial charge in [0, 0.05) is 11.8 Å². The van der Waals surface area contributed by atoms with E-state index in [0.717, 1.165) is 0 Å². The zero-order valence-corrected chi connectivity index (χ0v) is 16.8. The number of rotatable bonds is 5. The molecule has 0 bridgehead atoms. The maximum Gasteiger partial charge on any atom is 0.186 e. The van der Waals surface area contributed by atoms with Gasteiger partial charge in [0.15, 0.2) is 6.29 Å². The average molecular weight is 406 g/mol. The third-order valence-corrected chi connectivity index (χ3v) is 6.01. The SMILES string of the molecule is CC(O)/C=C/C1(O)C(C)(C)CC(OC2OC(CO)C(O)C(O)C2O)CC1(C)O. The maximum atomic E-state index is 11.2. The molecule has 0 spiro atoms. The summed E-state index contributed by atoms with van der Waals surface area (Å²) in [5.41, 5.74) is -4.15. The standard InChI is InChI=1S/C19H34O9/c1-10(21)5-6-19(26)17(2,3)7-11(8-18(19,4)25)27-16-15(24)14(23)13(22)12(9-20)28-16/h5-6,10-16,20-26H,7-9H2,1-4H3/b6-5+. The van der Waals surface area contributed by atoms with Crippen LogP contribution in [0.5, 0.6) is 0 Å². The summed E-state index contributed by atoms with van der Waals surface area (Å²) < 4.78 is 11.2. The van der Waals surface area contributed by atoms with Crippen LogP contribution in [0.4, 0.5) is 0 Å². The Kier molecular flexibility index (Phi) is 6.97. The summed E-state index contributed by atoms with van der Waals surface area (Å²) in [4.78, 5) is 0. The van der Waals surface area contributed by atoms with Gasteiger partial charge in [0.25, 0.3) is 0 Å². The van der Waals surface area contributed by atoms with Gasteiger partial charge in [-0.05, 0) is 20.3 Å². The van der Waals surface area contributed by atoms with Crippen molar-refractivity contribution >= 4 is 0 Å². The number of ether oxygens (including phenoxy) is 2. The Morgan fingerprint density at radius 1 is 1.07 bits per heavy atom.